The summed E-state index contributed by atoms with van der Waals surface area (Å²) in [5, 5.41) is 0. The summed E-state index contributed by atoms with van der Waals surface area (Å²) in [6.07, 6.45) is 8.77. The predicted octanol–water partition coefficient (Wildman–Crippen LogP) is 3.98. The Morgan fingerprint density at radius 1 is 1.00 bits per heavy atom. The first-order valence-corrected chi connectivity index (χ1v) is 11.2. The van der Waals surface area contributed by atoms with Gasteiger partial charge in [0.25, 0.3) is 0 Å². The van der Waals surface area contributed by atoms with E-state index < -0.39 is 0 Å². The third-order valence-electron chi connectivity index (χ3n) is 8.16. The molecule has 1 aromatic carbocycles. The third-order valence-corrected chi connectivity index (χ3v) is 8.16. The number of nitrogens with zero attached hydrogens (tertiary/aromatic N) is 2. The molecule has 4 bridgehead atoms. The second-order valence-electron chi connectivity index (χ2n) is 10.1. The van der Waals surface area contributed by atoms with Crippen molar-refractivity contribution in [3.8, 4) is 0 Å². The largest absolute Gasteiger partial charge is 0.340 e. The molecule has 1 aromatic rings. The molecular weight excluding hydrogens is 332 g/mol. The van der Waals surface area contributed by atoms with Gasteiger partial charge in [0.1, 0.15) is 0 Å². The lowest BCUT2D eigenvalue weighted by Gasteiger charge is -2.62. The minimum Gasteiger partial charge on any atom is -0.340 e. The molecule has 1 amide bonds. The van der Waals surface area contributed by atoms with Crippen LogP contribution in [0.4, 0.5) is 0 Å². The Labute approximate surface area is 164 Å². The molecule has 3 heteroatoms. The van der Waals surface area contributed by atoms with Crippen LogP contribution in [0.2, 0.25) is 0 Å². The quantitative estimate of drug-likeness (QED) is 0.805. The van der Waals surface area contributed by atoms with Gasteiger partial charge in [-0.15, -0.1) is 0 Å². The molecule has 1 aliphatic heterocycles. The fourth-order valence-corrected chi connectivity index (χ4v) is 7.54. The topological polar surface area (TPSA) is 23.6 Å². The molecule has 146 valence electrons. The Morgan fingerprint density at radius 3 is 2.30 bits per heavy atom. The first kappa shape index (κ1) is 17.7. The lowest BCUT2D eigenvalue weighted by molar-refractivity contribution is -0.169. The highest BCUT2D eigenvalue weighted by atomic mass is 16.2. The van der Waals surface area contributed by atoms with Crippen molar-refractivity contribution in [3.63, 3.8) is 0 Å². The Balaban J connectivity index is 1.37. The summed E-state index contributed by atoms with van der Waals surface area (Å²) >= 11 is 0. The highest BCUT2D eigenvalue weighted by Gasteiger charge is 2.61. The smallest absolute Gasteiger partial charge is 0.228 e. The summed E-state index contributed by atoms with van der Waals surface area (Å²) in [4.78, 5) is 18.5. The molecule has 6 rings (SSSR count). The van der Waals surface area contributed by atoms with Crippen LogP contribution >= 0.6 is 0 Å². The van der Waals surface area contributed by atoms with Gasteiger partial charge in [0, 0.05) is 26.2 Å². The Bertz CT molecular complexity index is 678. The van der Waals surface area contributed by atoms with Crippen LogP contribution in [0.15, 0.2) is 30.3 Å². The average molecular weight is 367 g/mol. The zero-order valence-electron chi connectivity index (χ0n) is 16.8. The summed E-state index contributed by atoms with van der Waals surface area (Å²) in [5.74, 6) is 2.09. The second kappa shape index (κ2) is 6.62. The zero-order valence-corrected chi connectivity index (χ0v) is 16.8. The van der Waals surface area contributed by atoms with E-state index in [1.54, 1.807) is 0 Å². The number of piperazine rings is 1. The van der Waals surface area contributed by atoms with Gasteiger partial charge in [-0.25, -0.2) is 0 Å². The van der Waals surface area contributed by atoms with E-state index in [1.165, 1.54) is 44.1 Å². The maximum atomic E-state index is 13.7. The number of amides is 1. The second-order valence-corrected chi connectivity index (χ2v) is 10.1. The number of carbonyl (C=O) groups is 1. The molecule has 0 radical (unpaired) electrons. The van der Waals surface area contributed by atoms with Crippen LogP contribution in [0.3, 0.4) is 0 Å². The molecule has 5 aliphatic rings. The van der Waals surface area contributed by atoms with Crippen molar-refractivity contribution in [1.82, 2.24) is 9.80 Å². The molecule has 0 aromatic heterocycles. The number of hydrogen-bond acceptors (Lipinski definition) is 2. The van der Waals surface area contributed by atoms with Crippen LogP contribution in [0, 0.1) is 22.7 Å². The molecule has 0 unspecified atom stereocenters. The summed E-state index contributed by atoms with van der Waals surface area (Å²) in [6.45, 7) is 7.33. The number of likely N-dealkylation sites (N-methyl/N-ethyl adjacent to an activating group) is 1. The van der Waals surface area contributed by atoms with Gasteiger partial charge in [0.2, 0.25) is 5.91 Å². The molecule has 0 N–H and O–H groups in total. The van der Waals surface area contributed by atoms with E-state index in [0.29, 0.717) is 11.3 Å². The molecule has 27 heavy (non-hydrogen) atoms. The normalized spacial score (nSPS) is 38.3. The number of hydrogen-bond donors (Lipinski definition) is 0. The SMILES string of the molecule is CCN1CCN(C(=O)C23C[C@H]4C[C@@H](CC(Cc5ccccc5)(C4)C2)C3)CC1. The van der Waals surface area contributed by atoms with E-state index >= 15 is 0 Å². The molecule has 0 spiro atoms. The van der Waals surface area contributed by atoms with Gasteiger partial charge in [-0.05, 0) is 74.3 Å². The number of benzene rings is 1. The van der Waals surface area contributed by atoms with Crippen molar-refractivity contribution >= 4 is 5.91 Å². The average Bonchev–Trinajstić information content (AvgIpc) is 2.67. The first-order valence-electron chi connectivity index (χ1n) is 11.2. The summed E-state index contributed by atoms with van der Waals surface area (Å²) < 4.78 is 0. The summed E-state index contributed by atoms with van der Waals surface area (Å²) in [5.41, 5.74) is 1.82. The Kier molecular flexibility index (Phi) is 4.34. The minimum atomic E-state index is -0.0345. The predicted molar refractivity (Wildman–Crippen MR) is 108 cm³/mol. The maximum Gasteiger partial charge on any atom is 0.228 e. The van der Waals surface area contributed by atoms with Crippen LogP contribution in [0.5, 0.6) is 0 Å². The van der Waals surface area contributed by atoms with Gasteiger partial charge in [-0.1, -0.05) is 37.3 Å². The molecule has 3 nitrogen and oxygen atoms in total. The van der Waals surface area contributed by atoms with E-state index in [9.17, 15) is 4.79 Å². The van der Waals surface area contributed by atoms with E-state index in [4.69, 9.17) is 0 Å². The zero-order chi connectivity index (χ0) is 18.5. The van der Waals surface area contributed by atoms with Gasteiger partial charge in [0.05, 0.1) is 5.41 Å². The standard InChI is InChI=1S/C24H34N2O/c1-2-25-8-10-26(11-9-25)22(27)24-16-20-12-21(17-24)15-23(14-20,18-24)13-19-6-4-3-5-7-19/h3-7,20-21H,2,8-18H2,1H3/t20-,21-,23?,24?/m0/s1. The molecule has 2 atom stereocenters. The van der Waals surface area contributed by atoms with Gasteiger partial charge >= 0.3 is 0 Å². The minimum absolute atomic E-state index is 0.0345. The molecule has 4 aliphatic carbocycles. The van der Waals surface area contributed by atoms with E-state index in [1.807, 2.05) is 0 Å². The summed E-state index contributed by atoms with van der Waals surface area (Å²) in [7, 11) is 0. The third kappa shape index (κ3) is 3.12. The van der Waals surface area contributed by atoms with Gasteiger partial charge in [-0.2, -0.15) is 0 Å². The molecule has 1 heterocycles. The van der Waals surface area contributed by atoms with Crippen molar-refractivity contribution in [1.29, 1.82) is 0 Å². The van der Waals surface area contributed by atoms with E-state index in [2.05, 4.69) is 47.1 Å². The van der Waals surface area contributed by atoms with Crippen LogP contribution in [-0.2, 0) is 11.2 Å². The van der Waals surface area contributed by atoms with Crippen LogP contribution in [0.1, 0.15) is 51.0 Å². The highest BCUT2D eigenvalue weighted by Crippen LogP contribution is 2.66. The molecule has 5 fully saturated rings. The van der Waals surface area contributed by atoms with E-state index in [-0.39, 0.29) is 5.41 Å². The lowest BCUT2D eigenvalue weighted by Crippen LogP contribution is -2.60. The highest BCUT2D eigenvalue weighted by molar-refractivity contribution is 5.83. The Hall–Kier alpha value is -1.35. The summed E-state index contributed by atoms with van der Waals surface area (Å²) in [6, 6.07) is 11.0. The molecule has 4 saturated carbocycles. The van der Waals surface area contributed by atoms with Gasteiger partial charge in [0.15, 0.2) is 0 Å². The van der Waals surface area contributed by atoms with Crippen LogP contribution < -0.4 is 0 Å². The number of carbonyl (C=O) groups excluding carboxylic acids is 1. The van der Waals surface area contributed by atoms with Gasteiger partial charge in [-0.3, -0.25) is 4.79 Å². The van der Waals surface area contributed by atoms with Crippen LogP contribution in [0.25, 0.3) is 0 Å². The van der Waals surface area contributed by atoms with Crippen molar-refractivity contribution in [2.45, 2.75) is 51.9 Å². The monoisotopic (exact) mass is 366 g/mol. The molecular formula is C24H34N2O. The maximum absolute atomic E-state index is 13.7. The fourth-order valence-electron chi connectivity index (χ4n) is 7.54. The van der Waals surface area contributed by atoms with E-state index in [0.717, 1.165) is 51.0 Å². The van der Waals surface area contributed by atoms with Crippen molar-refractivity contribution in [2.24, 2.45) is 22.7 Å². The van der Waals surface area contributed by atoms with Crippen molar-refractivity contribution < 1.29 is 4.79 Å². The van der Waals surface area contributed by atoms with Crippen molar-refractivity contribution in [2.75, 3.05) is 32.7 Å². The lowest BCUT2D eigenvalue weighted by atomic mass is 9.43. The fraction of sp³-hybridized carbons (Fsp3) is 0.708. The Morgan fingerprint density at radius 2 is 1.67 bits per heavy atom. The number of rotatable bonds is 4. The van der Waals surface area contributed by atoms with Gasteiger partial charge < -0.3 is 9.80 Å². The molecule has 1 saturated heterocycles. The van der Waals surface area contributed by atoms with Crippen LogP contribution in [-0.4, -0.2) is 48.4 Å². The van der Waals surface area contributed by atoms with Crippen molar-refractivity contribution in [3.05, 3.63) is 35.9 Å². The first-order chi connectivity index (χ1) is 13.1.